The van der Waals surface area contributed by atoms with Crippen molar-refractivity contribution in [3.05, 3.63) is 99.6 Å². The van der Waals surface area contributed by atoms with Crippen LogP contribution in [0.3, 0.4) is 0 Å². The van der Waals surface area contributed by atoms with Crippen molar-refractivity contribution in [2.24, 2.45) is 4.99 Å². The van der Waals surface area contributed by atoms with Gasteiger partial charge in [-0.15, -0.1) is 0 Å². The van der Waals surface area contributed by atoms with Crippen molar-refractivity contribution in [2.75, 3.05) is 12.4 Å². The molecule has 0 saturated heterocycles. The predicted octanol–water partition coefficient (Wildman–Crippen LogP) is 3.15. The highest BCUT2D eigenvalue weighted by atomic mass is 16.6. The maximum Gasteiger partial charge on any atom is 0.273 e. The number of hydrogen-bond acceptors (Lipinski definition) is 6. The summed E-state index contributed by atoms with van der Waals surface area (Å²) in [5.41, 5.74) is 2.44. The number of nitrogens with one attached hydrogen (secondary N) is 2. The van der Waals surface area contributed by atoms with Crippen LogP contribution in [-0.2, 0) is 4.79 Å². The molecule has 0 saturated carbocycles. The molecule has 4 rings (SSSR count). The number of rotatable bonds is 5. The Balaban J connectivity index is 1.71. The summed E-state index contributed by atoms with van der Waals surface area (Å²) >= 11 is 0. The topological polar surface area (TPSA) is 123 Å². The molecule has 1 atom stereocenters. The summed E-state index contributed by atoms with van der Waals surface area (Å²) in [4.78, 5) is 40.8. The lowest BCUT2D eigenvalue weighted by atomic mass is 10.0. The van der Waals surface area contributed by atoms with Gasteiger partial charge in [0.2, 0.25) is 6.17 Å². The zero-order chi connectivity index (χ0) is 22.7. The number of anilines is 1. The average molecular weight is 430 g/mol. The van der Waals surface area contributed by atoms with Crippen LogP contribution in [0.4, 0.5) is 11.4 Å². The molecule has 0 aliphatic carbocycles. The predicted molar refractivity (Wildman–Crippen MR) is 118 cm³/mol. The minimum atomic E-state index is -1.23. The van der Waals surface area contributed by atoms with Crippen molar-refractivity contribution in [3.8, 4) is 5.75 Å². The molecule has 0 aromatic heterocycles. The van der Waals surface area contributed by atoms with Crippen LogP contribution in [0.15, 0.2) is 77.8 Å². The summed E-state index contributed by atoms with van der Waals surface area (Å²) in [6.45, 7) is 0. The van der Waals surface area contributed by atoms with Crippen molar-refractivity contribution in [1.29, 1.82) is 0 Å². The van der Waals surface area contributed by atoms with E-state index in [1.165, 1.54) is 19.2 Å². The molecule has 2 amide bonds. The van der Waals surface area contributed by atoms with E-state index in [2.05, 4.69) is 15.6 Å². The molecule has 1 aliphatic rings. The Morgan fingerprint density at radius 2 is 1.81 bits per heavy atom. The third-order valence-electron chi connectivity index (χ3n) is 4.90. The molecule has 0 unspecified atom stereocenters. The van der Waals surface area contributed by atoms with Gasteiger partial charge in [0.1, 0.15) is 5.75 Å². The van der Waals surface area contributed by atoms with Gasteiger partial charge in [0.05, 0.1) is 35.1 Å². The number of carbonyl (C=O) groups excluding carboxylic acids is 2. The van der Waals surface area contributed by atoms with E-state index in [0.717, 1.165) is 17.2 Å². The molecule has 0 spiro atoms. The molecule has 3 aromatic carbocycles. The monoisotopic (exact) mass is 430 g/mol. The first-order valence-electron chi connectivity index (χ1n) is 9.64. The molecule has 9 heteroatoms. The van der Waals surface area contributed by atoms with E-state index < -0.39 is 22.9 Å². The van der Waals surface area contributed by atoms with Crippen LogP contribution in [0.1, 0.15) is 21.5 Å². The molecule has 0 radical (unpaired) electrons. The molecule has 160 valence electrons. The molecule has 9 nitrogen and oxygen atoms in total. The Bertz CT molecular complexity index is 1240. The Hall–Kier alpha value is -4.53. The molecule has 0 bridgehead atoms. The van der Waals surface area contributed by atoms with Crippen LogP contribution in [0.5, 0.6) is 5.75 Å². The normalized spacial score (nSPS) is 15.0. The van der Waals surface area contributed by atoms with Gasteiger partial charge < -0.3 is 15.4 Å². The highest BCUT2D eigenvalue weighted by Crippen LogP contribution is 2.26. The molecular weight excluding hydrogens is 412 g/mol. The van der Waals surface area contributed by atoms with Crippen molar-refractivity contribution >= 4 is 28.9 Å². The van der Waals surface area contributed by atoms with E-state index >= 15 is 0 Å². The number of methoxy groups -OCH3 is 1. The number of para-hydroxylation sites is 1. The number of nitro benzene ring substituents is 1. The van der Waals surface area contributed by atoms with Crippen molar-refractivity contribution in [1.82, 2.24) is 5.32 Å². The van der Waals surface area contributed by atoms with E-state index in [9.17, 15) is 19.7 Å². The summed E-state index contributed by atoms with van der Waals surface area (Å²) < 4.78 is 5.14. The summed E-state index contributed by atoms with van der Waals surface area (Å²) in [5, 5.41) is 16.4. The van der Waals surface area contributed by atoms with E-state index in [1.807, 2.05) is 42.5 Å². The number of carbonyl (C=O) groups is 2. The smallest absolute Gasteiger partial charge is 0.273 e. The van der Waals surface area contributed by atoms with Gasteiger partial charge in [-0.1, -0.05) is 48.5 Å². The zero-order valence-electron chi connectivity index (χ0n) is 16.9. The van der Waals surface area contributed by atoms with E-state index in [-0.39, 0.29) is 17.0 Å². The van der Waals surface area contributed by atoms with Gasteiger partial charge in [-0.25, -0.2) is 4.99 Å². The molecule has 32 heavy (non-hydrogen) atoms. The van der Waals surface area contributed by atoms with Gasteiger partial charge in [0.25, 0.3) is 17.5 Å². The highest BCUT2D eigenvalue weighted by molar-refractivity contribution is 6.20. The number of aliphatic imine (C=N–C) groups is 1. The van der Waals surface area contributed by atoms with E-state index in [0.29, 0.717) is 11.4 Å². The fourth-order valence-corrected chi connectivity index (χ4v) is 3.36. The average Bonchev–Trinajstić information content (AvgIpc) is 2.95. The number of nitrogens with zero attached hydrogens (tertiary/aromatic N) is 2. The summed E-state index contributed by atoms with van der Waals surface area (Å²) in [5.74, 6) is -1.15. The Labute approximate surface area is 182 Å². The van der Waals surface area contributed by atoms with Crippen LogP contribution in [0, 0.1) is 10.1 Å². The van der Waals surface area contributed by atoms with Crippen LogP contribution in [0.25, 0.3) is 0 Å². The van der Waals surface area contributed by atoms with Gasteiger partial charge in [-0.05, 0) is 12.1 Å². The molecular formula is C23H18N4O5. The Kier molecular flexibility index (Phi) is 5.63. The second-order valence-electron chi connectivity index (χ2n) is 6.90. The third kappa shape index (κ3) is 4.04. The molecule has 2 N–H and O–H groups in total. The maximum absolute atomic E-state index is 12.9. The number of hydrogen-bond donors (Lipinski definition) is 2. The molecule has 1 aliphatic heterocycles. The minimum Gasteiger partial charge on any atom is -0.496 e. The van der Waals surface area contributed by atoms with Crippen molar-refractivity contribution in [3.63, 3.8) is 0 Å². The second kappa shape index (κ2) is 8.68. The van der Waals surface area contributed by atoms with Crippen LogP contribution in [-0.4, -0.2) is 35.7 Å². The second-order valence-corrected chi connectivity index (χ2v) is 6.90. The number of fused-ring (bicyclic) bond motifs is 1. The molecule has 1 heterocycles. The highest BCUT2D eigenvalue weighted by Gasteiger charge is 2.28. The molecule has 3 aromatic rings. The van der Waals surface area contributed by atoms with Crippen molar-refractivity contribution in [2.45, 2.75) is 6.17 Å². The van der Waals surface area contributed by atoms with Crippen LogP contribution in [0.2, 0.25) is 0 Å². The van der Waals surface area contributed by atoms with Crippen LogP contribution < -0.4 is 15.4 Å². The fraction of sp³-hybridized carbons (Fsp3) is 0.0870. The molecule has 0 fully saturated rings. The minimum absolute atomic E-state index is 0.0151. The number of non-ortho nitro benzene ring substituents is 1. The summed E-state index contributed by atoms with van der Waals surface area (Å²) in [7, 11) is 1.30. The van der Waals surface area contributed by atoms with Gasteiger partial charge >= 0.3 is 0 Å². The number of benzene rings is 3. The number of benzodiazepines with no additional fused rings is 1. The summed E-state index contributed by atoms with van der Waals surface area (Å²) in [6.07, 6.45) is -1.23. The summed E-state index contributed by atoms with van der Waals surface area (Å²) in [6, 6.07) is 20.2. The van der Waals surface area contributed by atoms with Crippen molar-refractivity contribution < 1.29 is 19.2 Å². The van der Waals surface area contributed by atoms with Gasteiger partial charge in [-0.3, -0.25) is 19.7 Å². The lowest BCUT2D eigenvalue weighted by molar-refractivity contribution is -0.384. The SMILES string of the molecule is COc1cc([N+](=O)[O-])ccc1C(=O)N[C@H]1N=C(c2ccccc2)c2ccccc2NC1=O. The zero-order valence-corrected chi connectivity index (χ0v) is 16.9. The quantitative estimate of drug-likeness (QED) is 0.475. The standard InChI is InChI=1S/C23H18N4O5/c1-32-19-13-15(27(30)31)11-12-17(19)22(28)26-21-23(29)24-18-10-6-5-9-16(18)20(25-21)14-7-3-2-4-8-14/h2-13,21H,1H3,(H,24,29)(H,26,28)/t21-/m1/s1. The lowest BCUT2D eigenvalue weighted by Gasteiger charge is -2.15. The number of nitro groups is 1. The number of ether oxygens (including phenoxy) is 1. The van der Waals surface area contributed by atoms with Gasteiger partial charge in [0, 0.05) is 17.2 Å². The van der Waals surface area contributed by atoms with Crippen LogP contribution >= 0.6 is 0 Å². The first-order chi connectivity index (χ1) is 15.5. The van der Waals surface area contributed by atoms with Gasteiger partial charge in [0.15, 0.2) is 0 Å². The maximum atomic E-state index is 12.9. The van der Waals surface area contributed by atoms with E-state index in [1.54, 1.807) is 12.1 Å². The first kappa shape index (κ1) is 20.7. The number of amides is 2. The fourth-order valence-electron chi connectivity index (χ4n) is 3.36. The Morgan fingerprint density at radius 1 is 1.09 bits per heavy atom. The van der Waals surface area contributed by atoms with E-state index in [4.69, 9.17) is 4.74 Å². The largest absolute Gasteiger partial charge is 0.496 e. The third-order valence-corrected chi connectivity index (χ3v) is 4.90. The lowest BCUT2D eigenvalue weighted by Crippen LogP contribution is -2.42. The Morgan fingerprint density at radius 3 is 2.53 bits per heavy atom. The van der Waals surface area contributed by atoms with Gasteiger partial charge in [-0.2, -0.15) is 0 Å². The first-order valence-corrected chi connectivity index (χ1v) is 9.64.